The number of nitrogens with zero attached hydrogens (tertiary/aromatic N) is 6. The van der Waals surface area contributed by atoms with Crippen LogP contribution < -0.4 is 40.9 Å². The van der Waals surface area contributed by atoms with Crippen molar-refractivity contribution in [3.63, 3.8) is 0 Å². The first-order valence-electron chi connectivity index (χ1n) is 20.7. The summed E-state index contributed by atoms with van der Waals surface area (Å²) in [6, 6.07) is 35.8. The van der Waals surface area contributed by atoms with Crippen LogP contribution in [0.2, 0.25) is 0 Å². The number of carbonyl (C=O) groups is 1. The highest BCUT2D eigenvalue weighted by molar-refractivity contribution is 6.04. The molecule has 8 rings (SSSR count). The standard InChI is InChI=1S/C26H26N4O5.C23H22N4O3/c1-4-34-26(32)22-23(28-14-18-10-12-20(33-3)13-11-18)21-15-27-17(2)29-24(21)30(25(22)31)35-16-19-8-6-5-7-9-19;1-16-24-14-20-21(25-13-17-8-10-19(29-2)11-9-17)12-22(28)27(23(20)26-16)30-15-18-6-4-3-5-7-18/h5-13,15,28H,4,14,16H2,1-3H3;3-12,14,25H,13,15H2,1-2H3. The number of esters is 1. The van der Waals surface area contributed by atoms with Crippen molar-refractivity contribution in [1.82, 2.24) is 29.4 Å². The maximum atomic E-state index is 13.6. The lowest BCUT2D eigenvalue weighted by molar-refractivity contribution is 0.0513. The molecule has 2 N–H and O–H groups in total. The summed E-state index contributed by atoms with van der Waals surface area (Å²) in [5.74, 6) is 1.79. The number of hydrogen-bond acceptors (Lipinski definition) is 14. The molecule has 0 amide bonds. The van der Waals surface area contributed by atoms with E-state index in [1.807, 2.05) is 109 Å². The normalized spacial score (nSPS) is 10.7. The molecule has 0 radical (unpaired) electrons. The number of benzene rings is 4. The molecule has 0 atom stereocenters. The van der Waals surface area contributed by atoms with Gasteiger partial charge < -0.3 is 34.5 Å². The van der Waals surface area contributed by atoms with Crippen molar-refractivity contribution in [2.24, 2.45) is 0 Å². The van der Waals surface area contributed by atoms with Crippen molar-refractivity contribution in [1.29, 1.82) is 0 Å². The zero-order valence-electron chi connectivity index (χ0n) is 36.6. The number of ether oxygens (including phenoxy) is 3. The summed E-state index contributed by atoms with van der Waals surface area (Å²) in [5.41, 5.74) is 4.30. The Kier molecular flexibility index (Phi) is 14.6. The molecule has 0 saturated heterocycles. The van der Waals surface area contributed by atoms with E-state index in [0.717, 1.165) is 38.5 Å². The molecule has 4 aromatic heterocycles. The topological polar surface area (TPSA) is 183 Å². The van der Waals surface area contributed by atoms with Gasteiger partial charge in [0.1, 0.15) is 36.4 Å². The second kappa shape index (κ2) is 21.2. The van der Waals surface area contributed by atoms with Crippen LogP contribution in [0.4, 0.5) is 11.4 Å². The molecule has 0 aliphatic carbocycles. The SMILES string of the molecule is CCOC(=O)c1c(NCc2ccc(OC)cc2)c2cnc(C)nc2n(OCc2ccccc2)c1=O.COc1ccc(CNc2cc(=O)n(OCc3ccccc3)c3nc(C)ncc23)cc1. The molecule has 0 fully saturated rings. The van der Waals surface area contributed by atoms with Crippen LogP contribution in [0.1, 0.15) is 51.2 Å². The van der Waals surface area contributed by atoms with E-state index >= 15 is 0 Å². The quantitative estimate of drug-likeness (QED) is 0.0959. The van der Waals surface area contributed by atoms with Gasteiger partial charge in [-0.2, -0.15) is 0 Å². The monoisotopic (exact) mass is 876 g/mol. The predicted molar refractivity (Wildman–Crippen MR) is 247 cm³/mol. The Bertz CT molecular complexity index is 3000. The molecule has 0 aliphatic rings. The van der Waals surface area contributed by atoms with Gasteiger partial charge >= 0.3 is 11.5 Å². The molecule has 16 nitrogen and oxygen atoms in total. The zero-order valence-corrected chi connectivity index (χ0v) is 36.6. The Hall–Kier alpha value is -8.27. The maximum Gasteiger partial charge on any atom is 0.346 e. The van der Waals surface area contributed by atoms with E-state index in [9.17, 15) is 14.4 Å². The van der Waals surface area contributed by atoms with Gasteiger partial charge in [0.05, 0.1) is 43.0 Å². The molecule has 65 heavy (non-hydrogen) atoms. The zero-order chi connectivity index (χ0) is 45.7. The Morgan fingerprint density at radius 1 is 0.615 bits per heavy atom. The maximum absolute atomic E-state index is 13.6. The summed E-state index contributed by atoms with van der Waals surface area (Å²) in [6.45, 7) is 6.55. The fraction of sp³-hybridized carbons (Fsp3) is 0.204. The number of fused-ring (bicyclic) bond motifs is 2. The smallest absolute Gasteiger partial charge is 0.346 e. The highest BCUT2D eigenvalue weighted by Crippen LogP contribution is 2.26. The number of aromatic nitrogens is 6. The van der Waals surface area contributed by atoms with Crippen molar-refractivity contribution in [3.05, 3.63) is 188 Å². The minimum Gasteiger partial charge on any atom is -0.497 e. The number of methoxy groups -OCH3 is 2. The minimum absolute atomic E-state index is 0.111. The Balaban J connectivity index is 0.000000196. The second-order valence-electron chi connectivity index (χ2n) is 14.5. The van der Waals surface area contributed by atoms with Crippen molar-refractivity contribution in [2.75, 3.05) is 31.5 Å². The fourth-order valence-electron chi connectivity index (χ4n) is 6.66. The van der Waals surface area contributed by atoms with Crippen molar-refractivity contribution < 1.29 is 28.7 Å². The first-order chi connectivity index (χ1) is 31.6. The average molecular weight is 877 g/mol. The lowest BCUT2D eigenvalue weighted by Crippen LogP contribution is -2.34. The van der Waals surface area contributed by atoms with E-state index in [1.165, 1.54) is 10.8 Å². The van der Waals surface area contributed by atoms with Crippen LogP contribution in [0.25, 0.3) is 22.1 Å². The molecule has 4 aromatic carbocycles. The number of pyridine rings is 2. The number of hydrogen-bond donors (Lipinski definition) is 2. The van der Waals surface area contributed by atoms with Gasteiger partial charge in [-0.1, -0.05) is 84.9 Å². The molecule has 0 spiro atoms. The van der Waals surface area contributed by atoms with Crippen LogP contribution in [0.3, 0.4) is 0 Å². The van der Waals surface area contributed by atoms with Crippen molar-refractivity contribution in [3.8, 4) is 11.5 Å². The van der Waals surface area contributed by atoms with Crippen LogP contribution >= 0.6 is 0 Å². The summed E-state index contributed by atoms with van der Waals surface area (Å²) in [7, 11) is 3.23. The third-order valence-corrected chi connectivity index (χ3v) is 9.99. The van der Waals surface area contributed by atoms with Crippen molar-refractivity contribution in [2.45, 2.75) is 47.1 Å². The third kappa shape index (κ3) is 11.0. The summed E-state index contributed by atoms with van der Waals surface area (Å²) in [5, 5.41) is 7.70. The molecule has 0 saturated carbocycles. The number of carbonyl (C=O) groups excluding carboxylic acids is 1. The van der Waals surface area contributed by atoms with Crippen molar-refractivity contribution >= 4 is 39.4 Å². The molecule has 8 aromatic rings. The van der Waals surface area contributed by atoms with Crippen LogP contribution in [-0.2, 0) is 31.0 Å². The van der Waals surface area contributed by atoms with Crippen LogP contribution in [-0.4, -0.2) is 56.2 Å². The molecule has 0 bridgehead atoms. The van der Waals surface area contributed by atoms with Crippen LogP contribution in [0.5, 0.6) is 11.5 Å². The highest BCUT2D eigenvalue weighted by Gasteiger charge is 2.26. The summed E-state index contributed by atoms with van der Waals surface area (Å²) in [6.07, 6.45) is 3.27. The highest BCUT2D eigenvalue weighted by atomic mass is 16.7. The van der Waals surface area contributed by atoms with E-state index in [2.05, 4.69) is 30.6 Å². The third-order valence-electron chi connectivity index (χ3n) is 9.99. The predicted octanol–water partition coefficient (Wildman–Crippen LogP) is 6.88. The lowest BCUT2D eigenvalue weighted by atomic mass is 10.1. The van der Waals surface area contributed by atoms with E-state index in [4.69, 9.17) is 23.9 Å². The fourth-order valence-corrected chi connectivity index (χ4v) is 6.66. The molecule has 332 valence electrons. The van der Waals surface area contributed by atoms with Crippen LogP contribution in [0.15, 0.2) is 137 Å². The van der Waals surface area contributed by atoms with E-state index in [1.54, 1.807) is 47.4 Å². The molecular formula is C49H48N8O8. The van der Waals surface area contributed by atoms with Gasteiger partial charge in [0.2, 0.25) is 0 Å². The van der Waals surface area contributed by atoms with Gasteiger partial charge in [-0.25, -0.2) is 24.7 Å². The van der Waals surface area contributed by atoms with Gasteiger partial charge in [-0.3, -0.25) is 9.59 Å². The number of aryl methyl sites for hydroxylation is 2. The number of nitrogens with one attached hydrogen (secondary N) is 2. The summed E-state index contributed by atoms with van der Waals surface area (Å²) >= 11 is 0. The summed E-state index contributed by atoms with van der Waals surface area (Å²) < 4.78 is 17.9. The number of rotatable bonds is 16. The summed E-state index contributed by atoms with van der Waals surface area (Å²) in [4.78, 5) is 68.5. The Labute approximate surface area is 374 Å². The lowest BCUT2D eigenvalue weighted by Gasteiger charge is -2.18. The van der Waals surface area contributed by atoms with Crippen LogP contribution in [0, 0.1) is 13.8 Å². The molecular weight excluding hydrogens is 829 g/mol. The van der Waals surface area contributed by atoms with E-state index in [-0.39, 0.29) is 36.6 Å². The van der Waals surface area contributed by atoms with E-state index < -0.39 is 11.5 Å². The second-order valence-corrected chi connectivity index (χ2v) is 14.5. The first-order valence-corrected chi connectivity index (χ1v) is 20.7. The minimum atomic E-state index is -0.755. The Morgan fingerprint density at radius 2 is 1.11 bits per heavy atom. The van der Waals surface area contributed by atoms with Gasteiger partial charge in [0, 0.05) is 31.5 Å². The van der Waals surface area contributed by atoms with Gasteiger partial charge in [0.25, 0.3) is 5.56 Å². The van der Waals surface area contributed by atoms with Gasteiger partial charge in [-0.05, 0) is 67.3 Å². The Morgan fingerprint density at radius 3 is 1.63 bits per heavy atom. The molecule has 16 heteroatoms. The number of anilines is 2. The first kappa shape index (κ1) is 44.8. The van der Waals surface area contributed by atoms with Gasteiger partial charge in [0.15, 0.2) is 16.9 Å². The largest absolute Gasteiger partial charge is 0.497 e. The van der Waals surface area contributed by atoms with E-state index in [0.29, 0.717) is 52.5 Å². The van der Waals surface area contributed by atoms with Gasteiger partial charge in [-0.15, -0.1) is 9.46 Å². The molecule has 0 aliphatic heterocycles. The average Bonchev–Trinajstić information content (AvgIpc) is 3.33. The molecule has 0 unspecified atom stereocenters. The molecule has 4 heterocycles.